The molecule has 1 aliphatic carbocycles. The molecule has 0 aliphatic heterocycles. The van der Waals surface area contributed by atoms with Crippen molar-refractivity contribution in [1.29, 1.82) is 0 Å². The van der Waals surface area contributed by atoms with Gasteiger partial charge in [-0.05, 0) is 43.4 Å². The largest absolute Gasteiger partial charge is 0.253 e. The normalized spacial score (nSPS) is 14.4. The number of halogens is 1. The minimum atomic E-state index is 0.565. The monoisotopic (exact) mass is 301 g/mol. The summed E-state index contributed by atoms with van der Waals surface area (Å²) in [5, 5.41) is 1.63. The van der Waals surface area contributed by atoms with Crippen LogP contribution in [-0.4, -0.2) is 15.0 Å². The Labute approximate surface area is 125 Å². The van der Waals surface area contributed by atoms with Gasteiger partial charge >= 0.3 is 0 Å². The van der Waals surface area contributed by atoms with Gasteiger partial charge in [0.15, 0.2) is 5.82 Å². The summed E-state index contributed by atoms with van der Waals surface area (Å²) < 4.78 is 0. The molecule has 0 radical (unpaired) electrons. The molecule has 3 nitrogen and oxygen atoms in total. The first-order valence-corrected chi connectivity index (χ1v) is 7.91. The van der Waals surface area contributed by atoms with Gasteiger partial charge in [0.1, 0.15) is 15.7 Å². The van der Waals surface area contributed by atoms with Gasteiger partial charge < -0.3 is 0 Å². The first kappa shape index (κ1) is 12.2. The van der Waals surface area contributed by atoms with E-state index in [4.69, 9.17) is 11.6 Å². The van der Waals surface area contributed by atoms with E-state index in [1.54, 1.807) is 17.5 Å². The second-order valence-corrected chi connectivity index (χ2v) is 6.39. The highest BCUT2D eigenvalue weighted by Crippen LogP contribution is 2.39. The Morgan fingerprint density at radius 1 is 1.10 bits per heavy atom. The third kappa shape index (κ3) is 1.91. The van der Waals surface area contributed by atoms with E-state index in [2.05, 4.69) is 15.0 Å². The highest BCUT2D eigenvalue weighted by atomic mass is 35.5. The molecule has 0 fully saturated rings. The minimum absolute atomic E-state index is 0.565. The molecule has 3 aromatic rings. The number of hydrogen-bond acceptors (Lipinski definition) is 4. The molecule has 20 heavy (non-hydrogen) atoms. The number of hydrogen-bond donors (Lipinski definition) is 0. The number of fused-ring (bicyclic) bond motifs is 3. The smallest absolute Gasteiger partial charge is 0.180 e. The molecule has 100 valence electrons. The number of aryl methyl sites for hydroxylation is 2. The van der Waals surface area contributed by atoms with E-state index in [1.165, 1.54) is 23.3 Å². The third-order valence-corrected chi connectivity index (χ3v) is 5.12. The first-order chi connectivity index (χ1) is 9.83. The fourth-order valence-corrected chi connectivity index (χ4v) is 4.32. The molecule has 0 amide bonds. The van der Waals surface area contributed by atoms with Crippen LogP contribution in [0.5, 0.6) is 0 Å². The zero-order valence-corrected chi connectivity index (χ0v) is 12.3. The lowest BCUT2D eigenvalue weighted by Gasteiger charge is -2.10. The predicted octanol–water partition coefficient (Wildman–Crippen LogP) is 4.29. The van der Waals surface area contributed by atoms with Crippen LogP contribution in [0, 0.1) is 0 Å². The predicted molar refractivity (Wildman–Crippen MR) is 82.3 cm³/mol. The van der Waals surface area contributed by atoms with Crippen molar-refractivity contribution in [2.75, 3.05) is 0 Å². The summed E-state index contributed by atoms with van der Waals surface area (Å²) in [4.78, 5) is 15.9. The van der Waals surface area contributed by atoms with Gasteiger partial charge in [0.2, 0.25) is 0 Å². The Bertz CT molecular complexity index is 783. The topological polar surface area (TPSA) is 38.7 Å². The maximum atomic E-state index is 6.42. The van der Waals surface area contributed by atoms with Crippen LogP contribution in [0.25, 0.3) is 21.7 Å². The zero-order chi connectivity index (χ0) is 13.5. The Morgan fingerprint density at radius 2 is 2.00 bits per heavy atom. The van der Waals surface area contributed by atoms with Crippen LogP contribution < -0.4 is 0 Å². The van der Waals surface area contributed by atoms with Crippen molar-refractivity contribution in [3.05, 3.63) is 40.0 Å². The maximum absolute atomic E-state index is 6.42. The molecule has 0 spiro atoms. The van der Waals surface area contributed by atoms with E-state index in [1.807, 2.05) is 18.2 Å². The van der Waals surface area contributed by atoms with E-state index >= 15 is 0 Å². The van der Waals surface area contributed by atoms with Crippen LogP contribution in [0.1, 0.15) is 23.3 Å². The van der Waals surface area contributed by atoms with Gasteiger partial charge in [0.25, 0.3) is 0 Å². The Morgan fingerprint density at radius 3 is 2.85 bits per heavy atom. The quantitative estimate of drug-likeness (QED) is 0.630. The SMILES string of the molecule is Clc1nc(-c2ccccn2)nc2sc3c(c12)CCCC3. The second-order valence-electron chi connectivity index (χ2n) is 4.94. The lowest BCUT2D eigenvalue weighted by atomic mass is 9.97. The van der Waals surface area contributed by atoms with Crippen LogP contribution in [0.15, 0.2) is 24.4 Å². The Hall–Kier alpha value is -1.52. The van der Waals surface area contributed by atoms with Gasteiger partial charge in [-0.3, -0.25) is 4.98 Å². The average molecular weight is 302 g/mol. The zero-order valence-electron chi connectivity index (χ0n) is 10.8. The number of rotatable bonds is 1. The standard InChI is InChI=1S/C15H12ClN3S/c16-13-12-9-5-1-2-7-11(9)20-15(12)19-14(18-13)10-6-3-4-8-17-10/h3-4,6,8H,1-2,5,7H2. The summed E-state index contributed by atoms with van der Waals surface area (Å²) in [6, 6.07) is 5.72. The van der Waals surface area contributed by atoms with E-state index in [0.29, 0.717) is 11.0 Å². The van der Waals surface area contributed by atoms with E-state index in [0.717, 1.165) is 28.8 Å². The van der Waals surface area contributed by atoms with E-state index < -0.39 is 0 Å². The van der Waals surface area contributed by atoms with Crippen LogP contribution in [-0.2, 0) is 12.8 Å². The minimum Gasteiger partial charge on any atom is -0.253 e. The maximum Gasteiger partial charge on any atom is 0.180 e. The summed E-state index contributed by atoms with van der Waals surface area (Å²) >= 11 is 8.18. The number of aromatic nitrogens is 3. The molecule has 3 aromatic heterocycles. The van der Waals surface area contributed by atoms with Crippen molar-refractivity contribution in [1.82, 2.24) is 15.0 Å². The fraction of sp³-hybridized carbons (Fsp3) is 0.267. The molecule has 0 unspecified atom stereocenters. The highest BCUT2D eigenvalue weighted by molar-refractivity contribution is 7.19. The van der Waals surface area contributed by atoms with Crippen molar-refractivity contribution in [2.45, 2.75) is 25.7 Å². The van der Waals surface area contributed by atoms with Crippen LogP contribution in [0.2, 0.25) is 5.15 Å². The molecule has 1 aliphatic rings. The molecule has 0 N–H and O–H groups in total. The van der Waals surface area contributed by atoms with Gasteiger partial charge in [-0.25, -0.2) is 9.97 Å². The molecular formula is C15H12ClN3S. The molecule has 0 bridgehead atoms. The van der Waals surface area contributed by atoms with Crippen molar-refractivity contribution in [3.8, 4) is 11.5 Å². The molecular weight excluding hydrogens is 290 g/mol. The van der Waals surface area contributed by atoms with Crippen LogP contribution >= 0.6 is 22.9 Å². The van der Waals surface area contributed by atoms with Crippen molar-refractivity contribution < 1.29 is 0 Å². The number of pyridine rings is 1. The Kier molecular flexibility index (Phi) is 2.93. The van der Waals surface area contributed by atoms with Crippen molar-refractivity contribution in [3.63, 3.8) is 0 Å². The average Bonchev–Trinajstić information content (AvgIpc) is 2.87. The molecule has 5 heteroatoms. The van der Waals surface area contributed by atoms with Gasteiger partial charge in [-0.2, -0.15) is 0 Å². The van der Waals surface area contributed by atoms with Crippen molar-refractivity contribution >= 4 is 33.2 Å². The summed E-state index contributed by atoms with van der Waals surface area (Å²) in [7, 11) is 0. The lowest BCUT2D eigenvalue weighted by molar-refractivity contribution is 0.700. The molecule has 0 saturated carbocycles. The highest BCUT2D eigenvalue weighted by Gasteiger charge is 2.20. The first-order valence-electron chi connectivity index (χ1n) is 6.72. The van der Waals surface area contributed by atoms with Gasteiger partial charge in [-0.1, -0.05) is 17.7 Å². The summed E-state index contributed by atoms with van der Waals surface area (Å²) in [5.74, 6) is 0.613. The van der Waals surface area contributed by atoms with E-state index in [-0.39, 0.29) is 0 Å². The van der Waals surface area contributed by atoms with Crippen molar-refractivity contribution in [2.24, 2.45) is 0 Å². The van der Waals surface area contributed by atoms with Gasteiger partial charge in [0.05, 0.1) is 5.39 Å². The molecule has 0 aromatic carbocycles. The molecule has 4 rings (SSSR count). The molecule has 3 heterocycles. The van der Waals surface area contributed by atoms with Gasteiger partial charge in [0, 0.05) is 11.1 Å². The fourth-order valence-electron chi connectivity index (χ4n) is 2.72. The van der Waals surface area contributed by atoms with E-state index in [9.17, 15) is 0 Å². The number of thiophene rings is 1. The Balaban J connectivity index is 1.95. The van der Waals surface area contributed by atoms with Gasteiger partial charge in [-0.15, -0.1) is 11.3 Å². The summed E-state index contributed by atoms with van der Waals surface area (Å²) in [6.45, 7) is 0. The molecule has 0 atom stereocenters. The second kappa shape index (κ2) is 4.79. The lowest BCUT2D eigenvalue weighted by Crippen LogP contribution is -1.99. The van der Waals surface area contributed by atoms with Crippen LogP contribution in [0.3, 0.4) is 0 Å². The molecule has 0 saturated heterocycles. The third-order valence-electron chi connectivity index (χ3n) is 3.66. The van der Waals surface area contributed by atoms with Crippen LogP contribution in [0.4, 0.5) is 0 Å². The number of nitrogens with zero attached hydrogens (tertiary/aromatic N) is 3. The summed E-state index contributed by atoms with van der Waals surface area (Å²) in [6.07, 6.45) is 6.48. The summed E-state index contributed by atoms with van der Waals surface area (Å²) in [5.41, 5.74) is 2.14.